The van der Waals surface area contributed by atoms with Gasteiger partial charge in [0.05, 0.1) is 5.56 Å². The summed E-state index contributed by atoms with van der Waals surface area (Å²) in [6, 6.07) is 15.3. The van der Waals surface area contributed by atoms with Crippen LogP contribution >= 0.6 is 0 Å². The van der Waals surface area contributed by atoms with Gasteiger partial charge >= 0.3 is 12.1 Å². The lowest BCUT2D eigenvalue weighted by Gasteiger charge is -2.32. The Balaban J connectivity index is 1.55. The fourth-order valence-corrected chi connectivity index (χ4v) is 7.10. The zero-order chi connectivity index (χ0) is 45.8. The smallest absolute Gasteiger partial charge is 0.416 e. The molecule has 10 N–H and O–H groups in total. The molecule has 4 aromatic carbocycles. The van der Waals surface area contributed by atoms with E-state index in [1.807, 2.05) is 0 Å². The molecule has 0 unspecified atom stereocenters. The van der Waals surface area contributed by atoms with Crippen LogP contribution in [-0.2, 0) is 31.8 Å². The molecule has 4 amide bonds. The molecule has 4 atom stereocenters. The molecule has 0 saturated carbocycles. The van der Waals surface area contributed by atoms with Crippen LogP contribution in [0.4, 0.5) is 13.2 Å². The van der Waals surface area contributed by atoms with Gasteiger partial charge in [-0.25, -0.2) is 4.79 Å². The number of carboxylic acid groups (broad SMARTS) is 1. The number of rotatable bonds is 16. The van der Waals surface area contributed by atoms with Gasteiger partial charge < -0.3 is 52.6 Å². The SMILES string of the molecule is C[C@H]1NC(=O)[C@@H](N(C)C(=O)[C@@H](CCCCN)NC(=O)c2ccc(-c3ccc(C(F)(F)F)cc3)cc2)c2ccc(OCCN)c(c2)-c2cc(ccc2OCCN)C[C@@H](C(=O)O)NC1=O. The number of fused-ring (bicyclic) bond motifs is 5. The molecule has 4 bridgehead atoms. The molecule has 1 aliphatic rings. The van der Waals surface area contributed by atoms with Gasteiger partial charge in [0.2, 0.25) is 17.7 Å². The Morgan fingerprint density at radius 3 is 1.97 bits per heavy atom. The number of ether oxygens (including phenoxy) is 2. The van der Waals surface area contributed by atoms with Gasteiger partial charge in [0.25, 0.3) is 5.91 Å². The third-order valence-electron chi connectivity index (χ3n) is 10.4. The van der Waals surface area contributed by atoms with Crippen molar-refractivity contribution in [1.82, 2.24) is 20.9 Å². The molecule has 0 aromatic heterocycles. The Morgan fingerprint density at radius 1 is 0.810 bits per heavy atom. The highest BCUT2D eigenvalue weighted by molar-refractivity contribution is 5.99. The zero-order valence-corrected chi connectivity index (χ0v) is 34.9. The number of nitrogens with zero attached hydrogens (tertiary/aromatic N) is 1. The van der Waals surface area contributed by atoms with Crippen LogP contribution in [0.5, 0.6) is 11.5 Å². The maximum atomic E-state index is 14.6. The van der Waals surface area contributed by atoms with Crippen molar-refractivity contribution in [3.05, 3.63) is 107 Å². The lowest BCUT2D eigenvalue weighted by atomic mass is 9.93. The van der Waals surface area contributed by atoms with Gasteiger partial charge in [0.1, 0.15) is 48.9 Å². The Morgan fingerprint density at radius 2 is 1.40 bits per heavy atom. The molecule has 1 aliphatic heterocycles. The first-order valence-corrected chi connectivity index (χ1v) is 20.4. The van der Waals surface area contributed by atoms with Gasteiger partial charge in [-0.05, 0) is 104 Å². The number of nitrogens with one attached hydrogen (secondary N) is 3. The first kappa shape index (κ1) is 47.5. The Kier molecular flexibility index (Phi) is 16.2. The number of halogens is 3. The van der Waals surface area contributed by atoms with Crippen molar-refractivity contribution in [1.29, 1.82) is 0 Å². The number of likely N-dealkylation sites (N-methyl/N-ethyl adjacent to an activating group) is 1. The van der Waals surface area contributed by atoms with Gasteiger partial charge in [-0.1, -0.05) is 36.4 Å². The number of hydrogen-bond donors (Lipinski definition) is 7. The van der Waals surface area contributed by atoms with E-state index < -0.39 is 65.5 Å². The topological polar surface area (TPSA) is 241 Å². The number of nitrogens with two attached hydrogens (primary N) is 3. The molecule has 1 heterocycles. The lowest BCUT2D eigenvalue weighted by molar-refractivity contribution is -0.143. The number of aliphatic carboxylic acids is 1. The third-order valence-corrected chi connectivity index (χ3v) is 10.4. The second kappa shape index (κ2) is 21.5. The summed E-state index contributed by atoms with van der Waals surface area (Å²) in [6.45, 7) is 2.27. The summed E-state index contributed by atoms with van der Waals surface area (Å²) < 4.78 is 51.4. The number of carbonyl (C=O) groups excluding carboxylic acids is 4. The standard InChI is InChI=1S/C45H52F3N7O8/c1-26-40(56)54-36(44(60)61)24-27-6-16-37(62-21-19-50)33(23-27)34-25-31(13-17-38(34)63-22-20-51)39(42(58)52-26)55(2)43(59)35(5-3-4-18-49)53-41(57)30-9-7-28(8-10-30)29-11-14-32(15-12-29)45(46,47)48/h6-17,23,25-26,35-36,39H,3-5,18-22,24,49-51H2,1-2H3,(H,52,58)(H,53,57)(H,54,56)(H,60,61)/t26-,35-,36+,39+/m1/s1. The number of carbonyl (C=O) groups is 5. The molecule has 63 heavy (non-hydrogen) atoms. The molecule has 0 spiro atoms. The molecular formula is C45H52F3N7O8. The van der Waals surface area contributed by atoms with Crippen LogP contribution in [0, 0.1) is 0 Å². The number of carboxylic acids is 1. The van der Waals surface area contributed by atoms with Crippen molar-refractivity contribution >= 4 is 29.6 Å². The van der Waals surface area contributed by atoms with Crippen molar-refractivity contribution in [2.45, 2.75) is 63.0 Å². The highest BCUT2D eigenvalue weighted by atomic mass is 19.4. The van der Waals surface area contributed by atoms with Gasteiger partial charge in [0, 0.05) is 43.2 Å². The molecule has 0 radical (unpaired) electrons. The Labute approximate surface area is 362 Å². The molecule has 0 aliphatic carbocycles. The molecular weight excluding hydrogens is 824 g/mol. The quantitative estimate of drug-likeness (QED) is 0.0800. The third kappa shape index (κ3) is 12.1. The Hall–Kier alpha value is -6.50. The van der Waals surface area contributed by atoms with E-state index in [1.54, 1.807) is 48.5 Å². The van der Waals surface area contributed by atoms with Gasteiger partial charge in [-0.3, -0.25) is 19.2 Å². The van der Waals surface area contributed by atoms with Gasteiger partial charge in [0.15, 0.2) is 0 Å². The van der Waals surface area contributed by atoms with Crippen molar-refractivity contribution in [3.63, 3.8) is 0 Å². The van der Waals surface area contributed by atoms with Crippen LogP contribution in [-0.4, -0.2) is 97.6 Å². The second-order valence-electron chi connectivity index (χ2n) is 15.0. The summed E-state index contributed by atoms with van der Waals surface area (Å²) >= 11 is 0. The van der Waals surface area contributed by atoms with Crippen LogP contribution in [0.15, 0.2) is 84.9 Å². The minimum absolute atomic E-state index is 0.111. The van der Waals surface area contributed by atoms with E-state index in [0.717, 1.165) is 17.0 Å². The monoisotopic (exact) mass is 875 g/mol. The van der Waals surface area contributed by atoms with E-state index >= 15 is 0 Å². The molecule has 0 saturated heterocycles. The fraction of sp³-hybridized carbons (Fsp3) is 0.356. The van der Waals surface area contributed by atoms with E-state index in [0.29, 0.717) is 58.7 Å². The molecule has 15 nitrogen and oxygen atoms in total. The normalized spacial score (nSPS) is 17.0. The van der Waals surface area contributed by atoms with Crippen molar-refractivity contribution < 1.29 is 51.7 Å². The minimum atomic E-state index is -4.49. The van der Waals surface area contributed by atoms with Crippen molar-refractivity contribution in [2.24, 2.45) is 17.2 Å². The van der Waals surface area contributed by atoms with Crippen LogP contribution in [0.3, 0.4) is 0 Å². The van der Waals surface area contributed by atoms with E-state index in [4.69, 9.17) is 26.7 Å². The molecule has 336 valence electrons. The number of unbranched alkanes of at least 4 members (excludes halogenated alkanes) is 1. The lowest BCUT2D eigenvalue weighted by Crippen LogP contribution is -2.54. The van der Waals surface area contributed by atoms with Crippen LogP contribution in [0.1, 0.15) is 59.3 Å². The van der Waals surface area contributed by atoms with Crippen LogP contribution in [0.25, 0.3) is 22.3 Å². The summed E-state index contributed by atoms with van der Waals surface area (Å²) in [5.74, 6) is -3.48. The van der Waals surface area contributed by atoms with Crippen molar-refractivity contribution in [3.8, 4) is 33.8 Å². The fourth-order valence-electron chi connectivity index (χ4n) is 7.10. The average molecular weight is 876 g/mol. The van der Waals surface area contributed by atoms with Gasteiger partial charge in [-0.15, -0.1) is 0 Å². The minimum Gasteiger partial charge on any atom is -0.492 e. The highest BCUT2D eigenvalue weighted by Crippen LogP contribution is 2.40. The van der Waals surface area contributed by atoms with Gasteiger partial charge in [-0.2, -0.15) is 13.2 Å². The predicted octanol–water partition coefficient (Wildman–Crippen LogP) is 3.77. The van der Waals surface area contributed by atoms with E-state index in [1.165, 1.54) is 38.2 Å². The van der Waals surface area contributed by atoms with Crippen LogP contribution < -0.4 is 42.6 Å². The summed E-state index contributed by atoms with van der Waals surface area (Å²) in [6.07, 6.45) is -3.54. The summed E-state index contributed by atoms with van der Waals surface area (Å²) in [5, 5.41) is 18.0. The Bertz CT molecular complexity index is 2260. The maximum absolute atomic E-state index is 14.6. The first-order chi connectivity index (χ1) is 30.1. The van der Waals surface area contributed by atoms with E-state index in [-0.39, 0.29) is 50.3 Å². The van der Waals surface area contributed by atoms with Crippen molar-refractivity contribution in [2.75, 3.05) is 39.9 Å². The summed E-state index contributed by atoms with van der Waals surface area (Å²) in [5.41, 5.74) is 19.4. The first-order valence-electron chi connectivity index (χ1n) is 20.4. The number of benzene rings is 4. The molecule has 0 fully saturated rings. The number of hydrogen-bond acceptors (Lipinski definition) is 10. The number of amides is 4. The second-order valence-corrected chi connectivity index (χ2v) is 15.0. The average Bonchev–Trinajstić information content (AvgIpc) is 3.26. The molecule has 18 heteroatoms. The van der Waals surface area contributed by atoms with Crippen LogP contribution in [0.2, 0.25) is 0 Å². The maximum Gasteiger partial charge on any atom is 0.416 e. The van der Waals surface area contributed by atoms with E-state index in [9.17, 15) is 42.3 Å². The van der Waals surface area contributed by atoms with E-state index in [2.05, 4.69) is 16.0 Å². The zero-order valence-electron chi connectivity index (χ0n) is 34.9. The molecule has 4 aromatic rings. The predicted molar refractivity (Wildman–Crippen MR) is 228 cm³/mol. The largest absolute Gasteiger partial charge is 0.492 e. The summed E-state index contributed by atoms with van der Waals surface area (Å²) in [7, 11) is 1.39. The molecule has 5 rings (SSSR count). The highest BCUT2D eigenvalue weighted by Gasteiger charge is 2.36. The number of alkyl halides is 3. The summed E-state index contributed by atoms with van der Waals surface area (Å²) in [4.78, 5) is 69.8.